The molecule has 3 aromatic rings. The second-order valence-electron chi connectivity index (χ2n) is 6.55. The van der Waals surface area contributed by atoms with Gasteiger partial charge in [0.15, 0.2) is 5.65 Å². The van der Waals surface area contributed by atoms with Gasteiger partial charge in [-0.25, -0.2) is 17.4 Å². The van der Waals surface area contributed by atoms with Crippen LogP contribution < -0.4 is 0 Å². The molecule has 5 nitrogen and oxygen atoms in total. The summed E-state index contributed by atoms with van der Waals surface area (Å²) in [7, 11) is -3.73. The van der Waals surface area contributed by atoms with E-state index in [0.29, 0.717) is 12.2 Å². The second kappa shape index (κ2) is 7.93. The van der Waals surface area contributed by atoms with E-state index >= 15 is 0 Å². The lowest BCUT2D eigenvalue weighted by Crippen LogP contribution is -2.12. The zero-order valence-electron chi connectivity index (χ0n) is 15.6. The van der Waals surface area contributed by atoms with Gasteiger partial charge in [-0.05, 0) is 35.9 Å². The first-order valence-corrected chi connectivity index (χ1v) is 11.7. The van der Waals surface area contributed by atoms with Crippen molar-refractivity contribution in [1.82, 2.24) is 8.96 Å². The highest BCUT2D eigenvalue weighted by Gasteiger charge is 2.23. The lowest BCUT2D eigenvalue weighted by atomic mass is 10.1. The van der Waals surface area contributed by atoms with Crippen molar-refractivity contribution in [1.29, 1.82) is 0 Å². The number of allylic oxidation sites excluding steroid dienone is 1. The molecule has 2 aromatic heterocycles. The zero-order chi connectivity index (χ0) is 19.6. The minimum atomic E-state index is -3.73. The van der Waals surface area contributed by atoms with E-state index in [1.807, 2.05) is 12.1 Å². The van der Waals surface area contributed by atoms with Gasteiger partial charge in [0, 0.05) is 34.5 Å². The fraction of sp³-hybridized carbons (Fsp3) is 0.238. The number of pyridine rings is 1. The Morgan fingerprint density at radius 1 is 1.21 bits per heavy atom. The van der Waals surface area contributed by atoms with E-state index in [-0.39, 0.29) is 4.90 Å². The normalized spacial score (nSPS) is 14.0. The van der Waals surface area contributed by atoms with Crippen LogP contribution in [0.2, 0.25) is 0 Å². The molecule has 0 saturated carbocycles. The minimum absolute atomic E-state index is 0.246. The Morgan fingerprint density at radius 2 is 2.04 bits per heavy atom. The van der Waals surface area contributed by atoms with E-state index in [9.17, 15) is 8.42 Å². The number of unbranched alkanes of at least 4 members (excludes halogenated alkanes) is 1. The van der Waals surface area contributed by atoms with Gasteiger partial charge in [-0.1, -0.05) is 37.6 Å². The van der Waals surface area contributed by atoms with Crippen LogP contribution in [0.4, 0.5) is 0 Å². The van der Waals surface area contributed by atoms with E-state index < -0.39 is 10.0 Å². The molecule has 0 fully saturated rings. The van der Waals surface area contributed by atoms with Crippen molar-refractivity contribution < 1.29 is 8.42 Å². The minimum Gasteiger partial charge on any atom is -0.288 e. The number of fused-ring (bicyclic) bond motifs is 1. The van der Waals surface area contributed by atoms with Crippen LogP contribution in [0.15, 0.2) is 69.7 Å². The molecule has 4 rings (SSSR count). The van der Waals surface area contributed by atoms with Crippen molar-refractivity contribution in [2.24, 2.45) is 4.99 Å². The van der Waals surface area contributed by atoms with Gasteiger partial charge in [-0.3, -0.25) is 4.99 Å². The van der Waals surface area contributed by atoms with Crippen LogP contribution in [0, 0.1) is 0 Å². The van der Waals surface area contributed by atoms with Crippen molar-refractivity contribution in [2.45, 2.75) is 29.6 Å². The van der Waals surface area contributed by atoms with Crippen LogP contribution in [0.3, 0.4) is 0 Å². The third-order valence-corrected chi connectivity index (χ3v) is 7.32. The van der Waals surface area contributed by atoms with E-state index in [0.717, 1.165) is 40.0 Å². The molecule has 0 atom stereocenters. The molecule has 144 valence electrons. The predicted octanol–water partition coefficient (Wildman–Crippen LogP) is 4.63. The summed E-state index contributed by atoms with van der Waals surface area (Å²) in [4.78, 5) is 10.1. The highest BCUT2D eigenvalue weighted by atomic mass is 32.2. The Labute approximate surface area is 169 Å². The fourth-order valence-electron chi connectivity index (χ4n) is 3.13. The first kappa shape index (κ1) is 19.0. The molecule has 0 N–H and O–H groups in total. The zero-order valence-corrected chi connectivity index (χ0v) is 17.2. The maximum Gasteiger partial charge on any atom is 0.269 e. The van der Waals surface area contributed by atoms with Gasteiger partial charge in [0.05, 0.1) is 11.4 Å². The van der Waals surface area contributed by atoms with Crippen LogP contribution in [0.25, 0.3) is 16.6 Å². The molecule has 0 radical (unpaired) electrons. The number of aliphatic imine (C=N–C) groups is 1. The molecule has 1 aliphatic heterocycles. The molecule has 0 amide bonds. The van der Waals surface area contributed by atoms with Crippen LogP contribution in [-0.4, -0.2) is 35.9 Å². The summed E-state index contributed by atoms with van der Waals surface area (Å²) in [5.41, 5.74) is 2.23. The maximum atomic E-state index is 13.2. The molecular weight excluding hydrogens is 390 g/mol. The summed E-state index contributed by atoms with van der Waals surface area (Å²) in [6, 6.07) is 10.5. The van der Waals surface area contributed by atoms with Crippen LogP contribution in [0.5, 0.6) is 0 Å². The fourth-order valence-corrected chi connectivity index (χ4v) is 5.47. The van der Waals surface area contributed by atoms with Crippen molar-refractivity contribution in [3.63, 3.8) is 0 Å². The number of thioether (sulfide) groups is 1. The summed E-state index contributed by atoms with van der Waals surface area (Å²) >= 11 is 1.75. The molecule has 0 aliphatic carbocycles. The van der Waals surface area contributed by atoms with Gasteiger partial charge in [-0.15, -0.1) is 11.8 Å². The van der Waals surface area contributed by atoms with Gasteiger partial charge in [0.1, 0.15) is 0 Å². The van der Waals surface area contributed by atoms with Crippen molar-refractivity contribution in [3.8, 4) is 0 Å². The summed E-state index contributed by atoms with van der Waals surface area (Å²) in [5.74, 6) is 1.02. The third kappa shape index (κ3) is 3.52. The molecule has 0 saturated heterocycles. The monoisotopic (exact) mass is 411 g/mol. The van der Waals surface area contributed by atoms with Crippen LogP contribution in [-0.2, 0) is 10.0 Å². The maximum absolute atomic E-state index is 13.2. The van der Waals surface area contributed by atoms with Crippen molar-refractivity contribution >= 4 is 44.6 Å². The lowest BCUT2D eigenvalue weighted by molar-refractivity contribution is 0.588. The van der Waals surface area contributed by atoms with E-state index in [1.54, 1.807) is 60.7 Å². The first-order chi connectivity index (χ1) is 13.6. The first-order valence-electron chi connectivity index (χ1n) is 9.26. The van der Waals surface area contributed by atoms with Gasteiger partial charge >= 0.3 is 0 Å². The number of hydrogen-bond acceptors (Lipinski definition) is 5. The standard InChI is InChI=1S/C21H21N3O2S2/c1-2-3-11-27-17-12-19-20(16-9-10-22-13-16)15-24(21(19)23-14-17)28(25,26)18-7-5-4-6-8-18/h4-9,12-15H,2-3,10-11H2,1H3. The number of hydrogen-bond donors (Lipinski definition) is 0. The van der Waals surface area contributed by atoms with Gasteiger partial charge in [-0.2, -0.15) is 0 Å². The second-order valence-corrected chi connectivity index (χ2v) is 9.54. The molecule has 1 aromatic carbocycles. The summed E-state index contributed by atoms with van der Waals surface area (Å²) in [6.45, 7) is 2.78. The topological polar surface area (TPSA) is 64.3 Å². The van der Waals surface area contributed by atoms with E-state index in [2.05, 4.69) is 16.9 Å². The van der Waals surface area contributed by atoms with E-state index in [1.165, 1.54) is 3.97 Å². The quantitative estimate of drug-likeness (QED) is 0.420. The summed E-state index contributed by atoms with van der Waals surface area (Å²) in [5, 5.41) is 0.834. The van der Waals surface area contributed by atoms with Gasteiger partial charge < -0.3 is 0 Å². The van der Waals surface area contributed by atoms with E-state index in [4.69, 9.17) is 0 Å². The Hall–Kier alpha value is -2.38. The van der Waals surface area contributed by atoms with Crippen molar-refractivity contribution in [3.05, 3.63) is 60.4 Å². The Balaban J connectivity index is 1.87. The van der Waals surface area contributed by atoms with Crippen LogP contribution >= 0.6 is 11.8 Å². The number of nitrogens with zero attached hydrogens (tertiary/aromatic N) is 3. The number of aromatic nitrogens is 2. The number of benzene rings is 1. The Morgan fingerprint density at radius 3 is 2.75 bits per heavy atom. The average Bonchev–Trinajstić information content (AvgIpc) is 3.36. The van der Waals surface area contributed by atoms with Crippen molar-refractivity contribution in [2.75, 3.05) is 12.3 Å². The predicted molar refractivity (Wildman–Crippen MR) is 116 cm³/mol. The molecular formula is C21H21N3O2S2. The molecule has 28 heavy (non-hydrogen) atoms. The molecule has 3 heterocycles. The Bertz CT molecular complexity index is 1160. The Kier molecular flexibility index (Phi) is 5.37. The van der Waals surface area contributed by atoms with Gasteiger partial charge in [0.2, 0.25) is 0 Å². The van der Waals surface area contributed by atoms with Crippen LogP contribution in [0.1, 0.15) is 25.3 Å². The number of rotatable bonds is 7. The molecule has 1 aliphatic rings. The smallest absolute Gasteiger partial charge is 0.269 e. The summed E-state index contributed by atoms with van der Waals surface area (Å²) < 4.78 is 27.8. The molecule has 7 heteroatoms. The van der Waals surface area contributed by atoms with Gasteiger partial charge in [0.25, 0.3) is 10.0 Å². The largest absolute Gasteiger partial charge is 0.288 e. The summed E-state index contributed by atoms with van der Waals surface area (Å²) in [6.07, 6.45) is 9.51. The highest BCUT2D eigenvalue weighted by molar-refractivity contribution is 7.99. The lowest BCUT2D eigenvalue weighted by Gasteiger charge is -2.07. The highest BCUT2D eigenvalue weighted by Crippen LogP contribution is 2.32. The molecule has 0 spiro atoms. The molecule has 0 bridgehead atoms. The average molecular weight is 412 g/mol. The third-order valence-electron chi connectivity index (χ3n) is 4.61. The SMILES string of the molecule is CCCCSc1cnc2c(c1)c(C1=CCN=C1)cn2S(=O)(=O)c1ccccc1. The molecule has 0 unspecified atom stereocenters.